The summed E-state index contributed by atoms with van der Waals surface area (Å²) < 4.78 is 39.4. The Bertz CT molecular complexity index is 610. The Morgan fingerprint density at radius 2 is 1.71 bits per heavy atom. The van der Waals surface area contributed by atoms with E-state index in [1.165, 1.54) is 0 Å². The van der Waals surface area contributed by atoms with Gasteiger partial charge in [-0.15, -0.1) is 0 Å². The fourth-order valence-electron chi connectivity index (χ4n) is 2.08. The molecule has 1 aliphatic heterocycles. The average molecular weight is 300 g/mol. The minimum absolute atomic E-state index is 0.181. The minimum atomic E-state index is -1.70. The highest BCUT2D eigenvalue weighted by atomic mass is 19.2. The van der Waals surface area contributed by atoms with Crippen LogP contribution in [0.5, 0.6) is 0 Å². The van der Waals surface area contributed by atoms with Crippen molar-refractivity contribution in [3.05, 3.63) is 29.6 Å². The molecule has 0 radical (unpaired) electrons. The number of amides is 4. The number of urea groups is 1. The molecule has 4 amide bonds. The number of anilines is 1. The zero-order valence-electron chi connectivity index (χ0n) is 11.0. The molecule has 1 N–H and O–H groups in total. The molecule has 1 heterocycles. The van der Waals surface area contributed by atoms with E-state index >= 15 is 0 Å². The molecule has 1 saturated heterocycles. The molecule has 0 saturated carbocycles. The SMILES string of the molecule is CCCC1C(=O)NC(=O)N(c2cc(F)c(F)c(F)c2)C1=O. The van der Waals surface area contributed by atoms with Gasteiger partial charge in [0.2, 0.25) is 11.8 Å². The number of imide groups is 2. The molecule has 1 atom stereocenters. The van der Waals surface area contributed by atoms with Gasteiger partial charge in [-0.2, -0.15) is 0 Å². The maximum atomic E-state index is 13.2. The number of benzene rings is 1. The third-order valence-electron chi connectivity index (χ3n) is 3.07. The van der Waals surface area contributed by atoms with Gasteiger partial charge in [0.15, 0.2) is 17.5 Å². The van der Waals surface area contributed by atoms with Gasteiger partial charge >= 0.3 is 6.03 Å². The number of hydrogen-bond donors (Lipinski definition) is 1. The molecule has 21 heavy (non-hydrogen) atoms. The molecule has 1 aliphatic rings. The predicted molar refractivity (Wildman–Crippen MR) is 65.7 cm³/mol. The van der Waals surface area contributed by atoms with Crippen LogP contribution in [-0.4, -0.2) is 17.8 Å². The van der Waals surface area contributed by atoms with Gasteiger partial charge in [-0.3, -0.25) is 14.9 Å². The maximum Gasteiger partial charge on any atom is 0.335 e. The predicted octanol–water partition coefficient (Wildman–Crippen LogP) is 2.10. The first-order chi connectivity index (χ1) is 9.86. The molecule has 1 fully saturated rings. The summed E-state index contributed by atoms with van der Waals surface area (Å²) >= 11 is 0. The third kappa shape index (κ3) is 2.61. The average Bonchev–Trinajstić information content (AvgIpc) is 2.40. The normalized spacial score (nSPS) is 19.0. The molecule has 0 spiro atoms. The summed E-state index contributed by atoms with van der Waals surface area (Å²) in [5.74, 6) is -7.54. The lowest BCUT2D eigenvalue weighted by molar-refractivity contribution is -0.134. The molecule has 1 aromatic carbocycles. The molecule has 1 aromatic rings. The second kappa shape index (κ2) is 5.55. The Balaban J connectivity index is 2.44. The second-order valence-corrected chi connectivity index (χ2v) is 4.53. The number of barbiturate groups is 1. The lowest BCUT2D eigenvalue weighted by Crippen LogP contribution is -2.58. The van der Waals surface area contributed by atoms with Crippen molar-refractivity contribution in [2.24, 2.45) is 5.92 Å². The van der Waals surface area contributed by atoms with Crippen LogP contribution in [0.2, 0.25) is 0 Å². The van der Waals surface area contributed by atoms with Crippen LogP contribution in [0.4, 0.5) is 23.7 Å². The molecular formula is C13H11F3N2O3. The van der Waals surface area contributed by atoms with Crippen LogP contribution in [0, 0.1) is 23.4 Å². The third-order valence-corrected chi connectivity index (χ3v) is 3.07. The lowest BCUT2D eigenvalue weighted by Gasteiger charge is -2.30. The summed E-state index contributed by atoms with van der Waals surface area (Å²) in [4.78, 5) is 35.9. The summed E-state index contributed by atoms with van der Waals surface area (Å²) in [6, 6.07) is -0.0774. The number of nitrogens with one attached hydrogen (secondary N) is 1. The van der Waals surface area contributed by atoms with Gasteiger partial charge in [0.25, 0.3) is 0 Å². The minimum Gasteiger partial charge on any atom is -0.277 e. The Hall–Kier alpha value is -2.38. The van der Waals surface area contributed by atoms with Gasteiger partial charge < -0.3 is 0 Å². The molecule has 0 bridgehead atoms. The van der Waals surface area contributed by atoms with Crippen molar-refractivity contribution in [3.63, 3.8) is 0 Å². The summed E-state index contributed by atoms with van der Waals surface area (Å²) in [6.07, 6.45) is 0.679. The van der Waals surface area contributed by atoms with Gasteiger partial charge in [0.1, 0.15) is 5.92 Å². The summed E-state index contributed by atoms with van der Waals surface area (Å²) in [5, 5.41) is 1.94. The number of carbonyl (C=O) groups is 3. The fourth-order valence-corrected chi connectivity index (χ4v) is 2.08. The van der Waals surface area contributed by atoms with Crippen molar-refractivity contribution >= 4 is 23.5 Å². The maximum absolute atomic E-state index is 13.2. The largest absolute Gasteiger partial charge is 0.335 e. The van der Waals surface area contributed by atoms with Crippen LogP contribution in [0.15, 0.2) is 12.1 Å². The van der Waals surface area contributed by atoms with Crippen LogP contribution in [0.1, 0.15) is 19.8 Å². The van der Waals surface area contributed by atoms with Gasteiger partial charge in [-0.1, -0.05) is 13.3 Å². The lowest BCUT2D eigenvalue weighted by atomic mass is 9.99. The molecule has 0 aliphatic carbocycles. The van der Waals surface area contributed by atoms with Crippen LogP contribution >= 0.6 is 0 Å². The van der Waals surface area contributed by atoms with E-state index in [2.05, 4.69) is 0 Å². The van der Waals surface area contributed by atoms with E-state index in [0.717, 1.165) is 0 Å². The van der Waals surface area contributed by atoms with Crippen molar-refractivity contribution in [2.75, 3.05) is 4.90 Å². The van der Waals surface area contributed by atoms with Crippen LogP contribution in [0.3, 0.4) is 0 Å². The number of carbonyl (C=O) groups excluding carboxylic acids is 3. The number of halogens is 3. The first-order valence-electron chi connectivity index (χ1n) is 6.20. The molecule has 8 heteroatoms. The van der Waals surface area contributed by atoms with E-state index < -0.39 is 46.9 Å². The van der Waals surface area contributed by atoms with Gasteiger partial charge in [0, 0.05) is 12.1 Å². The van der Waals surface area contributed by atoms with Crippen LogP contribution in [-0.2, 0) is 9.59 Å². The monoisotopic (exact) mass is 300 g/mol. The standard InChI is InChI=1S/C13H11F3N2O3/c1-2-3-7-11(19)17-13(21)18(12(7)20)6-4-8(14)10(16)9(15)5-6/h4-5,7H,2-3H2,1H3,(H,17,19,21). The molecule has 112 valence electrons. The molecule has 0 aromatic heterocycles. The zero-order chi connectivity index (χ0) is 15.7. The van der Waals surface area contributed by atoms with E-state index in [9.17, 15) is 27.6 Å². The van der Waals surface area contributed by atoms with Crippen molar-refractivity contribution in [2.45, 2.75) is 19.8 Å². The number of nitrogens with zero attached hydrogens (tertiary/aromatic N) is 1. The fraction of sp³-hybridized carbons (Fsp3) is 0.308. The van der Waals surface area contributed by atoms with Gasteiger partial charge in [-0.25, -0.2) is 22.9 Å². The first-order valence-corrected chi connectivity index (χ1v) is 6.20. The number of hydrogen-bond acceptors (Lipinski definition) is 3. The van der Waals surface area contributed by atoms with Gasteiger partial charge in [0.05, 0.1) is 5.69 Å². The molecule has 5 nitrogen and oxygen atoms in total. The van der Waals surface area contributed by atoms with E-state index in [-0.39, 0.29) is 6.42 Å². The second-order valence-electron chi connectivity index (χ2n) is 4.53. The van der Waals surface area contributed by atoms with E-state index in [0.29, 0.717) is 23.5 Å². The number of rotatable bonds is 3. The Morgan fingerprint density at radius 1 is 1.14 bits per heavy atom. The molecular weight excluding hydrogens is 289 g/mol. The van der Waals surface area contributed by atoms with E-state index in [1.54, 1.807) is 6.92 Å². The van der Waals surface area contributed by atoms with Crippen LogP contribution < -0.4 is 10.2 Å². The van der Waals surface area contributed by atoms with Crippen molar-refractivity contribution in [3.8, 4) is 0 Å². The highest BCUT2D eigenvalue weighted by Gasteiger charge is 2.41. The summed E-state index contributed by atoms with van der Waals surface area (Å²) in [6.45, 7) is 1.73. The Kier molecular flexibility index (Phi) is 3.97. The summed E-state index contributed by atoms with van der Waals surface area (Å²) in [7, 11) is 0. The van der Waals surface area contributed by atoms with E-state index in [4.69, 9.17) is 0 Å². The Morgan fingerprint density at radius 3 is 2.24 bits per heavy atom. The van der Waals surface area contributed by atoms with Crippen molar-refractivity contribution in [1.29, 1.82) is 0 Å². The first kappa shape index (κ1) is 15.0. The topological polar surface area (TPSA) is 66.5 Å². The smallest absolute Gasteiger partial charge is 0.277 e. The van der Waals surface area contributed by atoms with Crippen molar-refractivity contribution < 1.29 is 27.6 Å². The Labute approximate surface area is 117 Å². The quantitative estimate of drug-likeness (QED) is 0.686. The molecule has 1 unspecified atom stereocenters. The van der Waals surface area contributed by atoms with Crippen molar-refractivity contribution in [1.82, 2.24) is 5.32 Å². The molecule has 2 rings (SSSR count). The zero-order valence-corrected chi connectivity index (χ0v) is 11.0. The van der Waals surface area contributed by atoms with Crippen LogP contribution in [0.25, 0.3) is 0 Å². The highest BCUT2D eigenvalue weighted by molar-refractivity contribution is 6.27. The highest BCUT2D eigenvalue weighted by Crippen LogP contribution is 2.26. The van der Waals surface area contributed by atoms with E-state index in [1.807, 2.05) is 5.32 Å². The van der Waals surface area contributed by atoms with Gasteiger partial charge in [-0.05, 0) is 6.42 Å². The summed E-state index contributed by atoms with van der Waals surface area (Å²) in [5.41, 5.74) is -0.470.